The molecule has 1 saturated heterocycles. The van der Waals surface area contributed by atoms with Gasteiger partial charge in [0.05, 0.1) is 19.3 Å². The number of unbranched alkanes of at least 4 members (excludes halogenated alkanes) is 1. The summed E-state index contributed by atoms with van der Waals surface area (Å²) in [5.41, 5.74) is 1.13. The molecule has 1 fully saturated rings. The van der Waals surface area contributed by atoms with Crippen molar-refractivity contribution in [1.29, 1.82) is 0 Å². The highest BCUT2D eigenvalue weighted by Crippen LogP contribution is 2.37. The maximum Gasteiger partial charge on any atom is 0.315 e. The zero-order valence-corrected chi connectivity index (χ0v) is 16.0. The maximum absolute atomic E-state index is 12.2. The van der Waals surface area contributed by atoms with E-state index >= 15 is 0 Å². The summed E-state index contributed by atoms with van der Waals surface area (Å²) < 4.78 is 5.35. The Bertz CT molecular complexity index is 581. The monoisotopic (exact) mass is 383 g/mol. The van der Waals surface area contributed by atoms with Gasteiger partial charge in [-0.05, 0) is 49.6 Å². The van der Waals surface area contributed by atoms with Crippen molar-refractivity contribution in [3.63, 3.8) is 0 Å². The fourth-order valence-electron chi connectivity index (χ4n) is 3.21. The number of urea groups is 1. The highest BCUT2D eigenvalue weighted by molar-refractivity contribution is 7.99. The van der Waals surface area contributed by atoms with Crippen LogP contribution in [0.15, 0.2) is 23.1 Å². The number of ether oxygens (including phenoxy) is 1. The molecule has 138 valence electrons. The third-order valence-corrected chi connectivity index (χ3v) is 5.96. The first kappa shape index (κ1) is 18.8. The first-order valence-electron chi connectivity index (χ1n) is 8.99. The van der Waals surface area contributed by atoms with Gasteiger partial charge in [0, 0.05) is 35.3 Å². The minimum atomic E-state index is -0.0887. The molecule has 1 aromatic carbocycles. The smallest absolute Gasteiger partial charge is 0.315 e. The number of carbonyl (C=O) groups is 1. The lowest BCUT2D eigenvalue weighted by Gasteiger charge is -2.27. The van der Waals surface area contributed by atoms with Crippen LogP contribution in [0, 0.1) is 0 Å². The van der Waals surface area contributed by atoms with Crippen LogP contribution in [0.1, 0.15) is 30.9 Å². The molecule has 1 aromatic rings. The molecule has 0 unspecified atom stereocenters. The lowest BCUT2D eigenvalue weighted by Crippen LogP contribution is -2.40. The van der Waals surface area contributed by atoms with Crippen LogP contribution in [0.2, 0.25) is 5.02 Å². The van der Waals surface area contributed by atoms with Gasteiger partial charge in [0.25, 0.3) is 0 Å². The molecular formula is C18H26ClN3O2S. The Kier molecular flexibility index (Phi) is 7.28. The molecule has 0 aromatic heterocycles. The normalized spacial score (nSPS) is 20.8. The van der Waals surface area contributed by atoms with E-state index in [-0.39, 0.29) is 12.1 Å². The number of nitrogens with one attached hydrogen (secondary N) is 2. The Balaban J connectivity index is 1.36. The zero-order chi connectivity index (χ0) is 17.5. The molecule has 7 heteroatoms. The maximum atomic E-state index is 12.2. The minimum absolute atomic E-state index is 0.0447. The van der Waals surface area contributed by atoms with Crippen LogP contribution in [-0.4, -0.2) is 56.1 Å². The van der Waals surface area contributed by atoms with Crippen molar-refractivity contribution in [2.45, 2.75) is 30.2 Å². The van der Waals surface area contributed by atoms with Gasteiger partial charge in [-0.15, -0.1) is 11.8 Å². The van der Waals surface area contributed by atoms with Crippen molar-refractivity contribution in [2.24, 2.45) is 0 Å². The highest BCUT2D eigenvalue weighted by atomic mass is 35.5. The van der Waals surface area contributed by atoms with E-state index in [1.165, 1.54) is 4.90 Å². The van der Waals surface area contributed by atoms with Crippen molar-refractivity contribution >= 4 is 29.4 Å². The number of hydrogen-bond acceptors (Lipinski definition) is 4. The molecule has 3 rings (SSSR count). The summed E-state index contributed by atoms with van der Waals surface area (Å²) in [5, 5.41) is 6.79. The predicted molar refractivity (Wildman–Crippen MR) is 103 cm³/mol. The van der Waals surface area contributed by atoms with Crippen LogP contribution in [0.25, 0.3) is 0 Å². The summed E-state index contributed by atoms with van der Waals surface area (Å²) >= 11 is 7.93. The Morgan fingerprint density at radius 1 is 1.32 bits per heavy atom. The molecular weight excluding hydrogens is 358 g/mol. The Morgan fingerprint density at radius 3 is 3.00 bits per heavy atom. The van der Waals surface area contributed by atoms with E-state index in [0.717, 1.165) is 68.4 Å². The molecule has 0 spiro atoms. The number of thioether (sulfide) groups is 1. The standard InChI is InChI=1S/C18H26ClN3O2S/c19-14-3-4-17-15(13-14)16(5-12-25-17)21-18(23)20-6-1-2-7-22-8-10-24-11-9-22/h3-4,13,16H,1-2,5-12H2,(H2,20,21,23)/t16-/m0/s1. The summed E-state index contributed by atoms with van der Waals surface area (Å²) in [6, 6.07) is 5.87. The van der Waals surface area contributed by atoms with Gasteiger partial charge in [-0.25, -0.2) is 4.79 Å². The lowest BCUT2D eigenvalue weighted by atomic mass is 10.0. The van der Waals surface area contributed by atoms with E-state index in [0.29, 0.717) is 6.54 Å². The van der Waals surface area contributed by atoms with Gasteiger partial charge in [0.2, 0.25) is 0 Å². The quantitative estimate of drug-likeness (QED) is 0.740. The van der Waals surface area contributed by atoms with E-state index in [1.807, 2.05) is 30.0 Å². The third-order valence-electron chi connectivity index (χ3n) is 4.61. The molecule has 25 heavy (non-hydrogen) atoms. The lowest BCUT2D eigenvalue weighted by molar-refractivity contribution is 0.0372. The molecule has 5 nitrogen and oxygen atoms in total. The second-order valence-corrected chi connectivity index (χ2v) is 8.01. The second kappa shape index (κ2) is 9.67. The fraction of sp³-hybridized carbons (Fsp3) is 0.611. The molecule has 0 aliphatic carbocycles. The largest absolute Gasteiger partial charge is 0.379 e. The Hall–Kier alpha value is -0.950. The number of halogens is 1. The number of carbonyl (C=O) groups excluding carboxylic acids is 1. The van der Waals surface area contributed by atoms with Crippen LogP contribution in [0.4, 0.5) is 4.79 Å². The van der Waals surface area contributed by atoms with E-state index in [4.69, 9.17) is 16.3 Å². The molecule has 1 atom stereocenters. The molecule has 0 bridgehead atoms. The highest BCUT2D eigenvalue weighted by Gasteiger charge is 2.22. The van der Waals surface area contributed by atoms with Gasteiger partial charge in [-0.3, -0.25) is 4.90 Å². The van der Waals surface area contributed by atoms with Crippen molar-refractivity contribution in [3.05, 3.63) is 28.8 Å². The van der Waals surface area contributed by atoms with Crippen molar-refractivity contribution < 1.29 is 9.53 Å². The number of rotatable bonds is 6. The zero-order valence-electron chi connectivity index (χ0n) is 14.4. The van der Waals surface area contributed by atoms with Crippen LogP contribution >= 0.6 is 23.4 Å². The van der Waals surface area contributed by atoms with Gasteiger partial charge in [-0.2, -0.15) is 0 Å². The third kappa shape index (κ3) is 5.78. The SMILES string of the molecule is O=C(NCCCCN1CCOCC1)N[C@H]1CCSc2ccc(Cl)cc21. The van der Waals surface area contributed by atoms with E-state index in [9.17, 15) is 4.79 Å². The summed E-state index contributed by atoms with van der Waals surface area (Å²) in [7, 11) is 0. The van der Waals surface area contributed by atoms with Crippen LogP contribution in [0.3, 0.4) is 0 Å². The molecule has 2 aliphatic rings. The summed E-state index contributed by atoms with van der Waals surface area (Å²) in [6.07, 6.45) is 3.02. The molecule has 0 radical (unpaired) electrons. The number of benzene rings is 1. The average Bonchev–Trinajstić information content (AvgIpc) is 2.63. The molecule has 2 N–H and O–H groups in total. The summed E-state index contributed by atoms with van der Waals surface area (Å²) in [6.45, 7) is 5.52. The number of amides is 2. The van der Waals surface area contributed by atoms with Crippen LogP contribution in [0.5, 0.6) is 0 Å². The molecule has 0 saturated carbocycles. The minimum Gasteiger partial charge on any atom is -0.379 e. The van der Waals surface area contributed by atoms with Crippen molar-refractivity contribution in [1.82, 2.24) is 15.5 Å². The Morgan fingerprint density at radius 2 is 2.16 bits per heavy atom. The molecule has 2 aliphatic heterocycles. The van der Waals surface area contributed by atoms with E-state index in [1.54, 1.807) is 0 Å². The first-order valence-corrected chi connectivity index (χ1v) is 10.4. The second-order valence-electron chi connectivity index (χ2n) is 6.43. The van der Waals surface area contributed by atoms with Gasteiger partial charge < -0.3 is 15.4 Å². The van der Waals surface area contributed by atoms with Gasteiger partial charge in [-0.1, -0.05) is 11.6 Å². The van der Waals surface area contributed by atoms with Gasteiger partial charge in [0.1, 0.15) is 0 Å². The Labute approximate surface area is 158 Å². The van der Waals surface area contributed by atoms with Crippen LogP contribution in [-0.2, 0) is 4.74 Å². The number of fused-ring (bicyclic) bond motifs is 1. The van der Waals surface area contributed by atoms with Crippen molar-refractivity contribution in [2.75, 3.05) is 45.1 Å². The predicted octanol–water partition coefficient (Wildman–Crippen LogP) is 3.29. The first-order chi connectivity index (χ1) is 12.2. The van der Waals surface area contributed by atoms with Crippen LogP contribution < -0.4 is 10.6 Å². The molecule has 2 amide bonds. The summed E-state index contributed by atoms with van der Waals surface area (Å²) in [5.74, 6) is 1.01. The molecule has 2 heterocycles. The van der Waals surface area contributed by atoms with E-state index in [2.05, 4.69) is 15.5 Å². The fourth-order valence-corrected chi connectivity index (χ4v) is 4.50. The van der Waals surface area contributed by atoms with Crippen molar-refractivity contribution in [3.8, 4) is 0 Å². The number of morpholine rings is 1. The van der Waals surface area contributed by atoms with E-state index < -0.39 is 0 Å². The number of nitrogens with zero attached hydrogens (tertiary/aromatic N) is 1. The van der Waals surface area contributed by atoms with Gasteiger partial charge in [0.15, 0.2) is 0 Å². The summed E-state index contributed by atoms with van der Waals surface area (Å²) in [4.78, 5) is 15.8. The average molecular weight is 384 g/mol. The number of hydrogen-bond donors (Lipinski definition) is 2. The topological polar surface area (TPSA) is 53.6 Å². The van der Waals surface area contributed by atoms with Gasteiger partial charge >= 0.3 is 6.03 Å².